The number of allylic oxidation sites excluding steroid dienone is 4. The molecule has 176 valence electrons. The van der Waals surface area contributed by atoms with Gasteiger partial charge in [-0.2, -0.15) is 9.49 Å². The van der Waals surface area contributed by atoms with Crippen LogP contribution in [-0.4, -0.2) is 36.2 Å². The molecule has 0 unspecified atom stereocenters. The van der Waals surface area contributed by atoms with Crippen LogP contribution in [0.2, 0.25) is 0 Å². The first-order chi connectivity index (χ1) is 17.0. The molecule has 0 amide bonds. The molecule has 0 saturated heterocycles. The summed E-state index contributed by atoms with van der Waals surface area (Å²) in [6.07, 6.45) is 7.51. The molecular weight excluding hydrogens is 461 g/mol. The van der Waals surface area contributed by atoms with Crippen molar-refractivity contribution in [2.75, 3.05) is 0 Å². The number of halogens is 1. The molecule has 7 nitrogen and oxygen atoms in total. The fourth-order valence-electron chi connectivity index (χ4n) is 3.88. The van der Waals surface area contributed by atoms with E-state index in [1.807, 2.05) is 37.3 Å². The van der Waals surface area contributed by atoms with Crippen LogP contribution in [-0.2, 0) is 0 Å². The summed E-state index contributed by atoms with van der Waals surface area (Å²) in [4.78, 5) is 18.1. The van der Waals surface area contributed by atoms with E-state index < -0.39 is 0 Å². The second kappa shape index (κ2) is 9.27. The smallest absolute Gasteiger partial charge is 0.178 e. The van der Waals surface area contributed by atoms with Gasteiger partial charge in [-0.1, -0.05) is 12.7 Å². The van der Waals surface area contributed by atoms with Gasteiger partial charge in [0.1, 0.15) is 5.52 Å². The van der Waals surface area contributed by atoms with Crippen molar-refractivity contribution in [3.8, 4) is 22.0 Å². The third-order valence-corrected chi connectivity index (χ3v) is 6.36. The molecule has 0 aliphatic rings. The highest BCUT2D eigenvalue weighted by atomic mass is 32.1. The van der Waals surface area contributed by atoms with Gasteiger partial charge in [-0.15, -0.1) is 11.3 Å². The van der Waals surface area contributed by atoms with Crippen molar-refractivity contribution in [3.05, 3.63) is 77.9 Å². The average molecular weight is 486 g/mol. The van der Waals surface area contributed by atoms with Crippen LogP contribution < -0.4 is 5.32 Å². The van der Waals surface area contributed by atoms with Gasteiger partial charge in [0, 0.05) is 28.4 Å². The third kappa shape index (κ3) is 4.38. The Morgan fingerprint density at radius 1 is 1.17 bits per heavy atom. The zero-order valence-electron chi connectivity index (χ0n) is 19.6. The Labute approximate surface area is 205 Å². The largest absolute Gasteiger partial charge is 0.383 e. The van der Waals surface area contributed by atoms with E-state index in [9.17, 15) is 4.39 Å². The Morgan fingerprint density at radius 2 is 2.03 bits per heavy atom. The minimum Gasteiger partial charge on any atom is -0.383 e. The number of imidazole rings is 1. The van der Waals surface area contributed by atoms with Crippen LogP contribution in [0, 0.1) is 5.13 Å². The van der Waals surface area contributed by atoms with Crippen LogP contribution in [0.25, 0.3) is 49.7 Å². The number of thiophene rings is 1. The Bertz CT molecular complexity index is 1600. The van der Waals surface area contributed by atoms with Gasteiger partial charge >= 0.3 is 0 Å². The molecule has 0 bridgehead atoms. The van der Waals surface area contributed by atoms with Gasteiger partial charge in [0.05, 0.1) is 16.7 Å². The summed E-state index contributed by atoms with van der Waals surface area (Å²) in [5, 5.41) is 10.7. The third-order valence-electron chi connectivity index (χ3n) is 5.46. The number of rotatable bonds is 7. The maximum Gasteiger partial charge on any atom is 0.178 e. The van der Waals surface area contributed by atoms with Crippen molar-refractivity contribution in [1.82, 2.24) is 35.5 Å². The summed E-state index contributed by atoms with van der Waals surface area (Å²) >= 11 is 1.08. The zero-order chi connectivity index (χ0) is 24.5. The van der Waals surface area contributed by atoms with E-state index in [-0.39, 0.29) is 11.2 Å². The lowest BCUT2D eigenvalue weighted by Crippen LogP contribution is -2.20. The molecule has 0 atom stereocenters. The van der Waals surface area contributed by atoms with Gasteiger partial charge in [0.15, 0.2) is 22.3 Å². The van der Waals surface area contributed by atoms with Crippen LogP contribution in [0.3, 0.4) is 0 Å². The van der Waals surface area contributed by atoms with Crippen LogP contribution in [0.5, 0.6) is 0 Å². The number of nitrogens with zero attached hydrogens (tertiary/aromatic N) is 4. The zero-order valence-corrected chi connectivity index (χ0v) is 20.4. The quantitative estimate of drug-likeness (QED) is 0.237. The van der Waals surface area contributed by atoms with E-state index in [0.717, 1.165) is 49.8 Å². The van der Waals surface area contributed by atoms with Gasteiger partial charge in [-0.05, 0) is 68.8 Å². The molecule has 0 aromatic carbocycles. The molecule has 5 heterocycles. The average Bonchev–Trinajstić information content (AvgIpc) is 3.58. The lowest BCUT2D eigenvalue weighted by molar-refractivity contribution is 0.657. The number of fused-ring (bicyclic) bond motifs is 2. The monoisotopic (exact) mass is 485 g/mol. The maximum atomic E-state index is 13.6. The van der Waals surface area contributed by atoms with Crippen molar-refractivity contribution >= 4 is 39.1 Å². The van der Waals surface area contributed by atoms with Crippen molar-refractivity contribution in [2.24, 2.45) is 0 Å². The van der Waals surface area contributed by atoms with Gasteiger partial charge in [-0.25, -0.2) is 15.0 Å². The van der Waals surface area contributed by atoms with E-state index in [1.54, 1.807) is 18.3 Å². The molecule has 0 spiro atoms. The maximum absolute atomic E-state index is 13.6. The van der Waals surface area contributed by atoms with E-state index >= 15 is 0 Å². The second-order valence-corrected chi connectivity index (χ2v) is 9.29. The van der Waals surface area contributed by atoms with Crippen molar-refractivity contribution < 1.29 is 4.39 Å². The van der Waals surface area contributed by atoms with E-state index in [2.05, 4.69) is 50.9 Å². The first-order valence-corrected chi connectivity index (χ1v) is 12.0. The minimum atomic E-state index is -0.239. The first kappa shape index (κ1) is 22.7. The summed E-state index contributed by atoms with van der Waals surface area (Å²) in [7, 11) is 0. The predicted molar refractivity (Wildman–Crippen MR) is 140 cm³/mol. The number of H-pyrrole nitrogens is 2. The van der Waals surface area contributed by atoms with Crippen LogP contribution in [0.15, 0.2) is 67.0 Å². The highest BCUT2D eigenvalue weighted by Crippen LogP contribution is 2.33. The van der Waals surface area contributed by atoms with Crippen molar-refractivity contribution in [1.29, 1.82) is 0 Å². The van der Waals surface area contributed by atoms with E-state index in [4.69, 9.17) is 4.98 Å². The molecular formula is C26H24FN7S. The summed E-state index contributed by atoms with van der Waals surface area (Å²) in [5.74, 6) is 0.540. The molecule has 0 saturated carbocycles. The molecule has 5 aromatic heterocycles. The van der Waals surface area contributed by atoms with Gasteiger partial charge < -0.3 is 10.3 Å². The lowest BCUT2D eigenvalue weighted by atomic mass is 10.1. The number of pyridine rings is 2. The number of aromatic amines is 2. The molecule has 0 aliphatic heterocycles. The summed E-state index contributed by atoms with van der Waals surface area (Å²) < 4.78 is 13.6. The van der Waals surface area contributed by atoms with Crippen LogP contribution in [0.1, 0.15) is 26.5 Å². The Balaban J connectivity index is 1.59. The summed E-state index contributed by atoms with van der Waals surface area (Å²) in [5.41, 5.74) is 6.85. The van der Waals surface area contributed by atoms with Crippen LogP contribution in [0.4, 0.5) is 4.39 Å². The number of hydrogen-bond donors (Lipinski definition) is 3. The lowest BCUT2D eigenvalue weighted by Gasteiger charge is -2.12. The van der Waals surface area contributed by atoms with Gasteiger partial charge in [0.25, 0.3) is 0 Å². The second-order valence-electron chi connectivity index (χ2n) is 8.26. The molecule has 5 rings (SSSR count). The highest BCUT2D eigenvalue weighted by Gasteiger charge is 2.18. The normalized spacial score (nSPS) is 12.7. The summed E-state index contributed by atoms with van der Waals surface area (Å²) in [6, 6.07) is 9.25. The first-order valence-electron chi connectivity index (χ1n) is 11.2. The predicted octanol–water partition coefficient (Wildman–Crippen LogP) is 6.24. The van der Waals surface area contributed by atoms with Gasteiger partial charge in [-0.3, -0.25) is 5.10 Å². The van der Waals surface area contributed by atoms with Crippen molar-refractivity contribution in [2.45, 2.75) is 26.8 Å². The van der Waals surface area contributed by atoms with Crippen LogP contribution >= 0.6 is 11.3 Å². The molecule has 0 aliphatic carbocycles. The Morgan fingerprint density at radius 3 is 2.74 bits per heavy atom. The number of hydrogen-bond acceptors (Lipinski definition) is 6. The SMILES string of the molecule is C=C/C(=C\C(=C/C)c1ccc2[nH]nc(-c3nc4nccc(-c5ccc(F)s5)c4[nH]3)c2n1)NC(C)C. The topological polar surface area (TPSA) is 95.2 Å². The summed E-state index contributed by atoms with van der Waals surface area (Å²) in [6.45, 7) is 10.0. The molecule has 0 fully saturated rings. The standard InChI is InChI=1S/C26H24FN7S/c1-5-15(13-16(6-2)29-14(3)4)18-7-8-19-23(30-18)24(34-33-19)26-31-22-17(11-12-28-25(22)32-26)20-9-10-21(27)35-20/h5-14,29H,2H2,1,3-4H3,(H,33,34)(H,28,31,32)/b15-5+,16-13+. The Hall–Kier alpha value is -4.11. The number of aromatic nitrogens is 6. The van der Waals surface area contributed by atoms with Gasteiger partial charge in [0.2, 0.25) is 0 Å². The fourth-order valence-corrected chi connectivity index (χ4v) is 4.64. The molecule has 5 aromatic rings. The van der Waals surface area contributed by atoms with Crippen molar-refractivity contribution in [3.63, 3.8) is 0 Å². The molecule has 9 heteroatoms. The highest BCUT2D eigenvalue weighted by molar-refractivity contribution is 7.14. The van der Waals surface area contributed by atoms with E-state index in [0.29, 0.717) is 22.7 Å². The fraction of sp³-hybridized carbons (Fsp3) is 0.154. The molecule has 35 heavy (non-hydrogen) atoms. The Kier molecular flexibility index (Phi) is 6.00. The minimum absolute atomic E-state index is 0.239. The molecule has 0 radical (unpaired) electrons. The number of nitrogens with one attached hydrogen (secondary N) is 3. The van der Waals surface area contributed by atoms with E-state index in [1.165, 1.54) is 6.07 Å². The molecule has 3 N–H and O–H groups in total.